The van der Waals surface area contributed by atoms with Gasteiger partial charge in [-0.15, -0.1) is 0 Å². The minimum absolute atomic E-state index is 0.000214. The summed E-state index contributed by atoms with van der Waals surface area (Å²) < 4.78 is 94.1. The van der Waals surface area contributed by atoms with Gasteiger partial charge in [-0.05, 0) is 13.0 Å². The Bertz CT molecular complexity index is 777. The zero-order valence-corrected chi connectivity index (χ0v) is 13.0. The van der Waals surface area contributed by atoms with Crippen molar-refractivity contribution in [2.24, 2.45) is 0 Å². The SMILES string of the molecule is CC(O)(C(O)(Cn1cncn1)c1ccc(F)cc1F)C(F)(F)C(F)(F)F. The molecule has 2 unspecified atom stereocenters. The lowest BCUT2D eigenvalue weighted by molar-refractivity contribution is -0.372. The smallest absolute Gasteiger partial charge is 0.380 e. The third-order valence-electron chi connectivity index (χ3n) is 4.01. The van der Waals surface area contributed by atoms with E-state index in [4.69, 9.17) is 0 Å². The van der Waals surface area contributed by atoms with Gasteiger partial charge in [0.05, 0.1) is 6.54 Å². The number of alkyl halides is 5. The van der Waals surface area contributed by atoms with Crippen molar-refractivity contribution in [2.45, 2.75) is 36.8 Å². The van der Waals surface area contributed by atoms with Gasteiger partial charge in [-0.2, -0.15) is 27.1 Å². The third kappa shape index (κ3) is 3.03. The molecule has 0 aliphatic carbocycles. The molecule has 26 heavy (non-hydrogen) atoms. The summed E-state index contributed by atoms with van der Waals surface area (Å²) in [6.07, 6.45) is -4.56. The minimum atomic E-state index is -6.27. The first-order valence-electron chi connectivity index (χ1n) is 6.91. The molecular formula is C14H12F7N3O2. The van der Waals surface area contributed by atoms with E-state index in [1.807, 2.05) is 0 Å². The average molecular weight is 387 g/mol. The Morgan fingerprint density at radius 2 is 1.69 bits per heavy atom. The van der Waals surface area contributed by atoms with Gasteiger partial charge in [0.2, 0.25) is 0 Å². The van der Waals surface area contributed by atoms with Gasteiger partial charge in [0.1, 0.15) is 29.9 Å². The lowest BCUT2D eigenvalue weighted by atomic mass is 9.74. The third-order valence-corrected chi connectivity index (χ3v) is 4.01. The quantitative estimate of drug-likeness (QED) is 0.773. The number of nitrogens with zero attached hydrogens (tertiary/aromatic N) is 3. The maximum atomic E-state index is 14.1. The van der Waals surface area contributed by atoms with Gasteiger partial charge >= 0.3 is 12.1 Å². The summed E-state index contributed by atoms with van der Waals surface area (Å²) in [7, 11) is 0. The number of hydrogen-bond donors (Lipinski definition) is 2. The summed E-state index contributed by atoms with van der Waals surface area (Å²) in [6.45, 7) is -1.23. The molecule has 2 rings (SSSR count). The fourth-order valence-corrected chi connectivity index (χ4v) is 2.41. The van der Waals surface area contributed by atoms with Crippen LogP contribution in [0.5, 0.6) is 0 Å². The highest BCUT2D eigenvalue weighted by molar-refractivity contribution is 5.30. The molecule has 2 N–H and O–H groups in total. The van der Waals surface area contributed by atoms with Crippen LogP contribution in [0.1, 0.15) is 12.5 Å². The highest BCUT2D eigenvalue weighted by atomic mass is 19.4. The lowest BCUT2D eigenvalue weighted by Gasteiger charge is -2.45. The Balaban J connectivity index is 2.71. The molecule has 0 radical (unpaired) electrons. The molecule has 0 saturated carbocycles. The fourth-order valence-electron chi connectivity index (χ4n) is 2.41. The molecule has 2 aromatic rings. The standard InChI is InChI=1S/C14H12F7N3O2/c1-11(25,13(17,18)14(19,20)21)12(26,5-24-7-22-6-23-24)9-3-2-8(15)4-10(9)16/h2-4,6-7,25-26H,5H2,1H3. The van der Waals surface area contributed by atoms with Crippen LogP contribution in [0.15, 0.2) is 30.9 Å². The van der Waals surface area contributed by atoms with E-state index in [-0.39, 0.29) is 13.0 Å². The minimum Gasteiger partial charge on any atom is -0.380 e. The highest BCUT2D eigenvalue weighted by Crippen LogP contribution is 2.51. The molecule has 2 atom stereocenters. The Hall–Kier alpha value is -2.21. The maximum absolute atomic E-state index is 14.1. The fraction of sp³-hybridized carbons (Fsp3) is 0.429. The van der Waals surface area contributed by atoms with Crippen molar-refractivity contribution in [3.05, 3.63) is 48.1 Å². The molecular weight excluding hydrogens is 375 g/mol. The molecule has 144 valence electrons. The van der Waals surface area contributed by atoms with Gasteiger partial charge in [-0.25, -0.2) is 18.4 Å². The van der Waals surface area contributed by atoms with Crippen LogP contribution in [-0.4, -0.2) is 42.7 Å². The number of aliphatic hydroxyl groups is 2. The second kappa shape index (κ2) is 6.20. The average Bonchev–Trinajstić information content (AvgIpc) is 2.98. The van der Waals surface area contributed by atoms with Crippen LogP contribution in [-0.2, 0) is 12.1 Å². The van der Waals surface area contributed by atoms with Gasteiger partial charge in [0.15, 0.2) is 5.60 Å². The monoisotopic (exact) mass is 387 g/mol. The maximum Gasteiger partial charge on any atom is 0.456 e. The van der Waals surface area contributed by atoms with Gasteiger partial charge in [-0.3, -0.25) is 0 Å². The number of benzene rings is 1. The van der Waals surface area contributed by atoms with Gasteiger partial charge in [-0.1, -0.05) is 6.07 Å². The number of aromatic nitrogens is 3. The Morgan fingerprint density at radius 1 is 1.08 bits per heavy atom. The van der Waals surface area contributed by atoms with Crippen LogP contribution in [0, 0.1) is 11.6 Å². The molecule has 0 saturated heterocycles. The van der Waals surface area contributed by atoms with Crippen LogP contribution >= 0.6 is 0 Å². The molecule has 5 nitrogen and oxygen atoms in total. The van der Waals surface area contributed by atoms with Gasteiger partial charge in [0, 0.05) is 11.6 Å². The lowest BCUT2D eigenvalue weighted by Crippen LogP contribution is -2.67. The van der Waals surface area contributed by atoms with Crippen LogP contribution in [0.2, 0.25) is 0 Å². The van der Waals surface area contributed by atoms with Crippen LogP contribution in [0.3, 0.4) is 0 Å². The summed E-state index contributed by atoms with van der Waals surface area (Å²) in [5.74, 6) is -8.67. The summed E-state index contributed by atoms with van der Waals surface area (Å²) in [5, 5.41) is 24.2. The van der Waals surface area contributed by atoms with E-state index in [1.165, 1.54) is 0 Å². The topological polar surface area (TPSA) is 71.2 Å². The second-order valence-electron chi connectivity index (χ2n) is 5.72. The van der Waals surface area contributed by atoms with E-state index < -0.39 is 47.0 Å². The first-order chi connectivity index (χ1) is 11.7. The Labute approximate surface area is 141 Å². The predicted octanol–water partition coefficient (Wildman–Crippen LogP) is 2.39. The molecule has 1 aromatic heterocycles. The first-order valence-corrected chi connectivity index (χ1v) is 6.91. The zero-order valence-electron chi connectivity index (χ0n) is 13.0. The van der Waals surface area contributed by atoms with Crippen LogP contribution < -0.4 is 0 Å². The molecule has 12 heteroatoms. The summed E-state index contributed by atoms with van der Waals surface area (Å²) in [6, 6.07) is 1.17. The van der Waals surface area contributed by atoms with Crippen molar-refractivity contribution in [1.29, 1.82) is 0 Å². The van der Waals surface area contributed by atoms with Crippen molar-refractivity contribution in [3.63, 3.8) is 0 Å². The van der Waals surface area contributed by atoms with Gasteiger partial charge in [0.25, 0.3) is 0 Å². The van der Waals surface area contributed by atoms with E-state index in [2.05, 4.69) is 10.1 Å². The van der Waals surface area contributed by atoms with Crippen molar-refractivity contribution in [3.8, 4) is 0 Å². The summed E-state index contributed by atoms with van der Waals surface area (Å²) in [5.41, 5.74) is -9.00. The Kier molecular flexibility index (Phi) is 4.79. The molecule has 1 aromatic carbocycles. The number of halogens is 7. The predicted molar refractivity (Wildman–Crippen MR) is 71.9 cm³/mol. The van der Waals surface area contributed by atoms with Crippen LogP contribution in [0.25, 0.3) is 0 Å². The van der Waals surface area contributed by atoms with E-state index in [9.17, 15) is 40.9 Å². The summed E-state index contributed by atoms with van der Waals surface area (Å²) >= 11 is 0. The number of hydrogen-bond acceptors (Lipinski definition) is 4. The van der Waals surface area contributed by atoms with E-state index in [0.717, 1.165) is 12.7 Å². The van der Waals surface area contributed by atoms with Crippen molar-refractivity contribution < 1.29 is 40.9 Å². The molecule has 0 amide bonds. The molecule has 0 aliphatic heterocycles. The van der Waals surface area contributed by atoms with Crippen LogP contribution in [0.4, 0.5) is 30.7 Å². The second-order valence-corrected chi connectivity index (χ2v) is 5.72. The Morgan fingerprint density at radius 3 is 2.15 bits per heavy atom. The first kappa shape index (κ1) is 20.1. The molecule has 0 aliphatic rings. The largest absolute Gasteiger partial charge is 0.456 e. The zero-order chi connectivity index (χ0) is 20.0. The van der Waals surface area contributed by atoms with Crippen molar-refractivity contribution in [1.82, 2.24) is 14.8 Å². The molecule has 0 bridgehead atoms. The van der Waals surface area contributed by atoms with Crippen molar-refractivity contribution >= 4 is 0 Å². The highest BCUT2D eigenvalue weighted by Gasteiger charge is 2.74. The normalized spacial score (nSPS) is 17.6. The van der Waals surface area contributed by atoms with E-state index >= 15 is 0 Å². The molecule has 0 spiro atoms. The van der Waals surface area contributed by atoms with E-state index in [0.29, 0.717) is 16.8 Å². The van der Waals surface area contributed by atoms with E-state index in [1.54, 1.807) is 0 Å². The molecule has 0 fully saturated rings. The van der Waals surface area contributed by atoms with Crippen molar-refractivity contribution in [2.75, 3.05) is 0 Å². The summed E-state index contributed by atoms with van der Waals surface area (Å²) in [4.78, 5) is 3.43. The van der Waals surface area contributed by atoms with Gasteiger partial charge < -0.3 is 10.2 Å². The number of rotatable bonds is 5. The molecule has 1 heterocycles.